The molecule has 1 aliphatic carbocycles. The topological polar surface area (TPSA) is 127 Å². The fourth-order valence-electron chi connectivity index (χ4n) is 1.71. The van der Waals surface area contributed by atoms with Crippen molar-refractivity contribution in [3.63, 3.8) is 0 Å². The van der Waals surface area contributed by atoms with Crippen LogP contribution >= 0.6 is 0 Å². The number of amides is 1. The quantitative estimate of drug-likeness (QED) is 0.582. The third kappa shape index (κ3) is 2.99. The van der Waals surface area contributed by atoms with Crippen molar-refractivity contribution in [1.82, 2.24) is 5.32 Å². The van der Waals surface area contributed by atoms with Crippen LogP contribution in [0.2, 0.25) is 0 Å². The molecule has 1 aliphatic rings. The van der Waals surface area contributed by atoms with Crippen LogP contribution in [0.5, 0.6) is 0 Å². The molecule has 0 saturated heterocycles. The molecule has 1 fully saturated rings. The van der Waals surface area contributed by atoms with Crippen LogP contribution in [0.25, 0.3) is 0 Å². The third-order valence-corrected chi connectivity index (χ3v) is 4.80. The van der Waals surface area contributed by atoms with E-state index in [9.17, 15) is 18.0 Å². The number of nitrogens with two attached hydrogens (primary N) is 1. The van der Waals surface area contributed by atoms with Crippen LogP contribution in [0.15, 0.2) is 0 Å². The highest BCUT2D eigenvalue weighted by atomic mass is 32.2. The van der Waals surface area contributed by atoms with Gasteiger partial charge in [-0.3, -0.25) is 4.79 Å². The Morgan fingerprint density at radius 3 is 2.33 bits per heavy atom. The normalized spacial score (nSPS) is 19.0. The Balaban J connectivity index is 2.71. The molecule has 1 unspecified atom stereocenters. The van der Waals surface area contributed by atoms with Crippen LogP contribution in [0.1, 0.15) is 39.0 Å². The summed E-state index contributed by atoms with van der Waals surface area (Å²) in [7, 11) is -3.99. The predicted molar refractivity (Wildman–Crippen MR) is 64.2 cm³/mol. The molecule has 1 amide bonds. The van der Waals surface area contributed by atoms with Crippen LogP contribution in [0, 0.1) is 0 Å². The lowest BCUT2D eigenvalue weighted by molar-refractivity contribution is -0.142. The van der Waals surface area contributed by atoms with Gasteiger partial charge in [-0.2, -0.15) is 0 Å². The van der Waals surface area contributed by atoms with Gasteiger partial charge in [0.15, 0.2) is 4.75 Å². The van der Waals surface area contributed by atoms with Crippen LogP contribution in [-0.4, -0.2) is 36.2 Å². The molecule has 8 heteroatoms. The summed E-state index contributed by atoms with van der Waals surface area (Å²) in [5.74, 6) is -1.96. The number of nitrogens with one attached hydrogen (secondary N) is 1. The fourth-order valence-corrected chi connectivity index (χ4v) is 2.70. The molecule has 7 nitrogen and oxygen atoms in total. The monoisotopic (exact) mass is 278 g/mol. The largest absolute Gasteiger partial charge is 0.480 e. The number of sulfonamides is 1. The second kappa shape index (κ2) is 5.23. The molecule has 0 heterocycles. The van der Waals surface area contributed by atoms with E-state index in [1.54, 1.807) is 0 Å². The maximum Gasteiger partial charge on any atom is 0.326 e. The number of carbonyl (C=O) groups excluding carboxylic acids is 1. The fraction of sp³-hybridized carbons (Fsp3) is 0.800. The van der Waals surface area contributed by atoms with E-state index in [0.717, 1.165) is 6.42 Å². The molecule has 1 saturated carbocycles. The third-order valence-electron chi connectivity index (χ3n) is 3.11. The van der Waals surface area contributed by atoms with E-state index in [1.165, 1.54) is 0 Å². The van der Waals surface area contributed by atoms with Crippen molar-refractivity contribution in [2.45, 2.75) is 49.8 Å². The molecule has 0 spiro atoms. The zero-order valence-electron chi connectivity index (χ0n) is 10.2. The van der Waals surface area contributed by atoms with E-state index in [-0.39, 0.29) is 19.3 Å². The summed E-state index contributed by atoms with van der Waals surface area (Å²) in [4.78, 5) is 22.8. The second-order valence-corrected chi connectivity index (χ2v) is 6.42. The molecule has 0 aromatic rings. The summed E-state index contributed by atoms with van der Waals surface area (Å²) in [6, 6.07) is -1.06. The Morgan fingerprint density at radius 2 is 2.00 bits per heavy atom. The molecule has 0 aromatic carbocycles. The molecule has 0 bridgehead atoms. The number of rotatable bonds is 7. The first-order valence-corrected chi connectivity index (χ1v) is 7.35. The number of hydrogen-bond acceptors (Lipinski definition) is 4. The van der Waals surface area contributed by atoms with Crippen molar-refractivity contribution in [3.8, 4) is 0 Å². The number of carboxylic acids is 1. The maximum absolute atomic E-state index is 11.8. The van der Waals surface area contributed by atoms with Gasteiger partial charge in [0.1, 0.15) is 6.04 Å². The molecule has 0 radical (unpaired) electrons. The summed E-state index contributed by atoms with van der Waals surface area (Å²) in [6.07, 6.45) is 2.01. The molecule has 0 aliphatic heterocycles. The van der Waals surface area contributed by atoms with Gasteiger partial charge in [0.25, 0.3) is 0 Å². The molecule has 0 aromatic heterocycles. The highest BCUT2D eigenvalue weighted by Gasteiger charge is 2.60. The van der Waals surface area contributed by atoms with Crippen molar-refractivity contribution < 1.29 is 23.1 Å². The Hall–Kier alpha value is -1.15. The van der Waals surface area contributed by atoms with Crippen molar-refractivity contribution in [2.75, 3.05) is 0 Å². The van der Waals surface area contributed by atoms with Crippen molar-refractivity contribution >= 4 is 21.9 Å². The van der Waals surface area contributed by atoms with Gasteiger partial charge in [0, 0.05) is 0 Å². The zero-order chi connectivity index (χ0) is 14.0. The van der Waals surface area contributed by atoms with Gasteiger partial charge in [-0.25, -0.2) is 18.4 Å². The number of hydrogen-bond donors (Lipinski definition) is 3. The average molecular weight is 278 g/mol. The van der Waals surface area contributed by atoms with Crippen LogP contribution < -0.4 is 10.5 Å². The van der Waals surface area contributed by atoms with Gasteiger partial charge in [0.2, 0.25) is 15.9 Å². The Kier molecular flexibility index (Phi) is 4.33. The van der Waals surface area contributed by atoms with Crippen molar-refractivity contribution in [3.05, 3.63) is 0 Å². The minimum absolute atomic E-state index is 0.151. The average Bonchev–Trinajstić information content (AvgIpc) is 3.03. The standard InChI is InChI=1S/C10H18N2O5S/c1-2-3-4-7(8(13)14)12-9(15)10(5-6-10)18(11,16)17/h7H,2-6H2,1H3,(H,12,15)(H,13,14)(H2,11,16,17). The van der Waals surface area contributed by atoms with Crippen molar-refractivity contribution in [2.24, 2.45) is 5.14 Å². The maximum atomic E-state index is 11.8. The summed E-state index contributed by atoms with van der Waals surface area (Å²) >= 11 is 0. The predicted octanol–water partition coefficient (Wildman–Crippen LogP) is -0.433. The Bertz CT molecular complexity index is 441. The van der Waals surface area contributed by atoms with E-state index < -0.39 is 32.7 Å². The van der Waals surface area contributed by atoms with Gasteiger partial charge in [-0.15, -0.1) is 0 Å². The number of carboxylic acid groups (broad SMARTS) is 1. The summed E-state index contributed by atoms with van der Waals surface area (Å²) < 4.78 is 21.0. The summed E-state index contributed by atoms with van der Waals surface area (Å²) in [6.45, 7) is 1.90. The Labute approximate surface area is 106 Å². The molecule has 18 heavy (non-hydrogen) atoms. The lowest BCUT2D eigenvalue weighted by atomic mass is 10.1. The van der Waals surface area contributed by atoms with E-state index in [2.05, 4.69) is 5.32 Å². The molecular formula is C10H18N2O5S. The lowest BCUT2D eigenvalue weighted by Gasteiger charge is -2.18. The minimum atomic E-state index is -3.99. The first-order valence-electron chi connectivity index (χ1n) is 5.80. The molecule has 1 atom stereocenters. The van der Waals surface area contributed by atoms with E-state index >= 15 is 0 Å². The number of unbranched alkanes of at least 4 members (excludes halogenated alkanes) is 1. The highest BCUT2D eigenvalue weighted by molar-refractivity contribution is 7.91. The lowest BCUT2D eigenvalue weighted by Crippen LogP contribution is -2.50. The smallest absolute Gasteiger partial charge is 0.326 e. The minimum Gasteiger partial charge on any atom is -0.480 e. The van der Waals surface area contributed by atoms with Gasteiger partial charge in [-0.1, -0.05) is 19.8 Å². The van der Waals surface area contributed by atoms with Gasteiger partial charge < -0.3 is 10.4 Å². The number of aliphatic carboxylic acids is 1. The Morgan fingerprint density at radius 1 is 1.44 bits per heavy atom. The van der Waals surface area contributed by atoms with E-state index in [0.29, 0.717) is 6.42 Å². The van der Waals surface area contributed by atoms with Crippen molar-refractivity contribution in [1.29, 1.82) is 0 Å². The first-order chi connectivity index (χ1) is 8.24. The SMILES string of the molecule is CCCCC(NC(=O)C1(S(N)(=O)=O)CC1)C(=O)O. The summed E-state index contributed by atoms with van der Waals surface area (Å²) in [5.41, 5.74) is 0. The first kappa shape index (κ1) is 14.9. The van der Waals surface area contributed by atoms with Gasteiger partial charge >= 0.3 is 5.97 Å². The number of carbonyl (C=O) groups is 2. The van der Waals surface area contributed by atoms with E-state index in [4.69, 9.17) is 10.2 Å². The van der Waals surface area contributed by atoms with Crippen LogP contribution in [0.3, 0.4) is 0 Å². The molecule has 1 rings (SSSR count). The van der Waals surface area contributed by atoms with Crippen LogP contribution in [-0.2, 0) is 19.6 Å². The zero-order valence-corrected chi connectivity index (χ0v) is 11.0. The molecule has 4 N–H and O–H groups in total. The number of primary sulfonamides is 1. The van der Waals surface area contributed by atoms with E-state index in [1.807, 2.05) is 6.92 Å². The van der Waals surface area contributed by atoms with Gasteiger partial charge in [0.05, 0.1) is 0 Å². The van der Waals surface area contributed by atoms with Gasteiger partial charge in [-0.05, 0) is 19.3 Å². The molecule has 104 valence electrons. The summed E-state index contributed by atoms with van der Waals surface area (Å²) in [5, 5.41) is 16.2. The van der Waals surface area contributed by atoms with Crippen LogP contribution in [0.4, 0.5) is 0 Å². The highest BCUT2D eigenvalue weighted by Crippen LogP contribution is 2.42. The second-order valence-electron chi connectivity index (χ2n) is 4.55. The molecular weight excluding hydrogens is 260 g/mol.